The van der Waals surface area contributed by atoms with Crippen molar-refractivity contribution in [3.05, 3.63) is 12.2 Å². The molecule has 0 bridgehead atoms. The van der Waals surface area contributed by atoms with Crippen molar-refractivity contribution in [1.82, 2.24) is 20.1 Å². The summed E-state index contributed by atoms with van der Waals surface area (Å²) in [6, 6.07) is -0.635. The van der Waals surface area contributed by atoms with Gasteiger partial charge in [-0.3, -0.25) is 4.79 Å². The predicted octanol–water partition coefficient (Wildman–Crippen LogP) is -1.18. The third-order valence-corrected chi connectivity index (χ3v) is 2.13. The number of carbonyl (C=O) groups excluding carboxylic acids is 1. The van der Waals surface area contributed by atoms with Crippen LogP contribution in [0.2, 0.25) is 0 Å². The average Bonchev–Trinajstić information content (AvgIpc) is 2.65. The van der Waals surface area contributed by atoms with Gasteiger partial charge in [0.1, 0.15) is 12.2 Å². The first kappa shape index (κ1) is 12.2. The van der Waals surface area contributed by atoms with Crippen LogP contribution in [0.15, 0.2) is 6.33 Å². The van der Waals surface area contributed by atoms with Gasteiger partial charge in [-0.15, -0.1) is 22.5 Å². The van der Waals surface area contributed by atoms with Gasteiger partial charge in [-0.25, -0.2) is 0 Å². The molecule has 1 aromatic rings. The topological polar surface area (TPSA) is 85.8 Å². The van der Waals surface area contributed by atoms with Gasteiger partial charge in [0, 0.05) is 26.4 Å². The second kappa shape index (κ2) is 5.88. The molecule has 1 unspecified atom stereocenters. The zero-order valence-corrected chi connectivity index (χ0v) is 9.18. The number of nitrogens with one attached hydrogen (secondary N) is 1. The van der Waals surface area contributed by atoms with Gasteiger partial charge in [0.2, 0.25) is 5.91 Å². The van der Waals surface area contributed by atoms with Crippen molar-refractivity contribution < 1.29 is 4.79 Å². The number of hydrogen-bond donors (Lipinski definition) is 2. The van der Waals surface area contributed by atoms with E-state index in [4.69, 9.17) is 12.2 Å². The zero-order valence-electron chi connectivity index (χ0n) is 9.18. The van der Waals surface area contributed by atoms with Crippen molar-refractivity contribution in [3.63, 3.8) is 0 Å². The van der Waals surface area contributed by atoms with Crippen molar-refractivity contribution in [3.8, 4) is 12.3 Å². The SMILES string of the molecule is C#CCC(N)C(=O)NCCc1nncn1C. The lowest BCUT2D eigenvalue weighted by atomic mass is 10.2. The number of hydrogen-bond acceptors (Lipinski definition) is 4. The highest BCUT2D eigenvalue weighted by molar-refractivity contribution is 5.81. The second-order valence-corrected chi connectivity index (χ2v) is 3.41. The first-order chi connectivity index (χ1) is 7.65. The molecule has 0 aliphatic heterocycles. The smallest absolute Gasteiger partial charge is 0.237 e. The molecule has 1 amide bonds. The average molecular weight is 221 g/mol. The van der Waals surface area contributed by atoms with Crippen LogP contribution in [-0.2, 0) is 18.3 Å². The van der Waals surface area contributed by atoms with E-state index in [1.54, 1.807) is 10.9 Å². The van der Waals surface area contributed by atoms with E-state index >= 15 is 0 Å². The molecule has 0 fully saturated rings. The van der Waals surface area contributed by atoms with Gasteiger partial charge in [0.15, 0.2) is 0 Å². The fourth-order valence-corrected chi connectivity index (χ4v) is 1.18. The van der Waals surface area contributed by atoms with Crippen molar-refractivity contribution >= 4 is 5.91 Å². The van der Waals surface area contributed by atoms with Crippen LogP contribution in [0.1, 0.15) is 12.2 Å². The molecule has 1 rings (SSSR count). The molecule has 0 spiro atoms. The first-order valence-corrected chi connectivity index (χ1v) is 4.94. The minimum atomic E-state index is -0.635. The highest BCUT2D eigenvalue weighted by Gasteiger charge is 2.11. The molecule has 0 aliphatic carbocycles. The van der Waals surface area contributed by atoms with Gasteiger partial charge in [-0.05, 0) is 0 Å². The molecule has 0 radical (unpaired) electrons. The molecule has 1 heterocycles. The number of nitrogens with two attached hydrogens (primary N) is 1. The maximum Gasteiger partial charge on any atom is 0.237 e. The summed E-state index contributed by atoms with van der Waals surface area (Å²) in [5.74, 6) is 2.92. The van der Waals surface area contributed by atoms with Crippen LogP contribution < -0.4 is 11.1 Å². The van der Waals surface area contributed by atoms with Crippen LogP contribution in [0.3, 0.4) is 0 Å². The highest BCUT2D eigenvalue weighted by atomic mass is 16.2. The Morgan fingerprint density at radius 2 is 2.56 bits per heavy atom. The lowest BCUT2D eigenvalue weighted by Gasteiger charge is -2.08. The van der Waals surface area contributed by atoms with Crippen molar-refractivity contribution in [2.45, 2.75) is 18.9 Å². The number of terminal acetylenes is 1. The minimum absolute atomic E-state index is 0.236. The molecule has 0 aliphatic rings. The summed E-state index contributed by atoms with van der Waals surface area (Å²) in [7, 11) is 1.85. The molecule has 1 aromatic heterocycles. The van der Waals surface area contributed by atoms with Crippen LogP contribution in [-0.4, -0.2) is 33.3 Å². The number of nitrogens with zero attached hydrogens (tertiary/aromatic N) is 3. The Hall–Kier alpha value is -1.87. The molecule has 6 heteroatoms. The van der Waals surface area contributed by atoms with E-state index in [0.29, 0.717) is 13.0 Å². The van der Waals surface area contributed by atoms with Crippen LogP contribution in [0.4, 0.5) is 0 Å². The molecule has 16 heavy (non-hydrogen) atoms. The molecule has 3 N–H and O–H groups in total. The normalized spacial score (nSPS) is 11.8. The fourth-order valence-electron chi connectivity index (χ4n) is 1.18. The van der Waals surface area contributed by atoms with E-state index in [-0.39, 0.29) is 12.3 Å². The number of rotatable bonds is 5. The minimum Gasteiger partial charge on any atom is -0.354 e. The molecular weight excluding hydrogens is 206 g/mol. The van der Waals surface area contributed by atoms with Crippen molar-refractivity contribution in [1.29, 1.82) is 0 Å². The fraction of sp³-hybridized carbons (Fsp3) is 0.500. The maximum atomic E-state index is 11.4. The Balaban J connectivity index is 2.29. The molecule has 0 aromatic carbocycles. The van der Waals surface area contributed by atoms with Gasteiger partial charge in [0.25, 0.3) is 0 Å². The maximum absolute atomic E-state index is 11.4. The Morgan fingerprint density at radius 1 is 1.81 bits per heavy atom. The second-order valence-electron chi connectivity index (χ2n) is 3.41. The zero-order chi connectivity index (χ0) is 12.0. The first-order valence-electron chi connectivity index (χ1n) is 4.94. The molecule has 1 atom stereocenters. The van der Waals surface area contributed by atoms with Crippen LogP contribution in [0.5, 0.6) is 0 Å². The summed E-state index contributed by atoms with van der Waals surface area (Å²) in [6.07, 6.45) is 7.54. The third kappa shape index (κ3) is 3.37. The largest absolute Gasteiger partial charge is 0.354 e. The monoisotopic (exact) mass is 221 g/mol. The lowest BCUT2D eigenvalue weighted by molar-refractivity contribution is -0.122. The quantitative estimate of drug-likeness (QED) is 0.613. The van der Waals surface area contributed by atoms with Crippen molar-refractivity contribution in [2.75, 3.05) is 6.54 Å². The summed E-state index contributed by atoms with van der Waals surface area (Å²) < 4.78 is 1.80. The van der Waals surface area contributed by atoms with E-state index in [2.05, 4.69) is 21.4 Å². The molecular formula is C10H15N5O. The van der Waals surface area contributed by atoms with E-state index in [1.807, 2.05) is 7.05 Å². The summed E-state index contributed by atoms with van der Waals surface area (Å²) in [5, 5.41) is 10.3. The number of carbonyl (C=O) groups is 1. The lowest BCUT2D eigenvalue weighted by Crippen LogP contribution is -2.41. The summed E-state index contributed by atoms with van der Waals surface area (Å²) in [4.78, 5) is 11.4. The number of aryl methyl sites for hydroxylation is 1. The van der Waals surface area contributed by atoms with Crippen molar-refractivity contribution in [2.24, 2.45) is 12.8 Å². The van der Waals surface area contributed by atoms with Gasteiger partial charge in [0.05, 0.1) is 6.04 Å². The van der Waals surface area contributed by atoms with Gasteiger partial charge in [-0.2, -0.15) is 0 Å². The highest BCUT2D eigenvalue weighted by Crippen LogP contribution is 1.92. The Kier molecular flexibility index (Phi) is 4.48. The van der Waals surface area contributed by atoms with E-state index < -0.39 is 6.04 Å². The van der Waals surface area contributed by atoms with Gasteiger partial charge < -0.3 is 15.6 Å². The molecule has 0 saturated carbocycles. The van der Waals surface area contributed by atoms with Gasteiger partial charge >= 0.3 is 0 Å². The van der Waals surface area contributed by atoms with Crippen LogP contribution in [0, 0.1) is 12.3 Å². The number of amides is 1. The Labute approximate surface area is 94.2 Å². The van der Waals surface area contributed by atoms with Gasteiger partial charge in [-0.1, -0.05) is 0 Å². The standard InChI is InChI=1S/C10H15N5O/c1-3-4-8(11)10(16)12-6-5-9-14-13-7-15(9)2/h1,7-8H,4-6,11H2,2H3,(H,12,16). The Bertz CT molecular complexity index is 392. The van der Waals surface area contributed by atoms with Crippen LogP contribution in [0.25, 0.3) is 0 Å². The van der Waals surface area contributed by atoms with E-state index in [9.17, 15) is 4.79 Å². The Morgan fingerprint density at radius 3 is 3.12 bits per heavy atom. The predicted molar refractivity (Wildman–Crippen MR) is 59.1 cm³/mol. The summed E-state index contributed by atoms with van der Waals surface area (Å²) >= 11 is 0. The summed E-state index contributed by atoms with van der Waals surface area (Å²) in [5.41, 5.74) is 5.53. The summed E-state index contributed by atoms with van der Waals surface area (Å²) in [6.45, 7) is 0.476. The third-order valence-electron chi connectivity index (χ3n) is 2.13. The number of aromatic nitrogens is 3. The van der Waals surface area contributed by atoms with E-state index in [0.717, 1.165) is 5.82 Å². The van der Waals surface area contributed by atoms with Crippen LogP contribution >= 0.6 is 0 Å². The molecule has 86 valence electrons. The molecule has 0 saturated heterocycles. The molecule has 6 nitrogen and oxygen atoms in total. The van der Waals surface area contributed by atoms with E-state index in [1.165, 1.54) is 0 Å².